The lowest BCUT2D eigenvalue weighted by molar-refractivity contribution is 1.11. The van der Waals surface area contributed by atoms with Gasteiger partial charge in [0, 0.05) is 11.8 Å². The first-order valence-electron chi connectivity index (χ1n) is 5.52. The Morgan fingerprint density at radius 2 is 2.00 bits per heavy atom. The first-order chi connectivity index (χ1) is 8.66. The molecule has 0 spiro atoms. The van der Waals surface area contributed by atoms with E-state index in [0.717, 1.165) is 17.0 Å². The molecule has 90 valence electrons. The van der Waals surface area contributed by atoms with Gasteiger partial charge in [-0.1, -0.05) is 35.9 Å². The zero-order valence-corrected chi connectivity index (χ0v) is 10.5. The molecule has 5 heteroatoms. The Labute approximate surface area is 109 Å². The second-order valence-electron chi connectivity index (χ2n) is 4.15. The Kier molecular flexibility index (Phi) is 2.45. The van der Waals surface area contributed by atoms with Crippen LogP contribution in [-0.4, -0.2) is 14.6 Å². The van der Waals surface area contributed by atoms with Crippen molar-refractivity contribution >= 4 is 22.9 Å². The molecule has 0 saturated carbocycles. The number of aryl methyl sites for hydroxylation is 1. The van der Waals surface area contributed by atoms with Crippen molar-refractivity contribution in [3.05, 3.63) is 47.1 Å². The maximum atomic E-state index is 6.02. The standard InChI is InChI=1S/C13H11ClN4/c1-8-4-2-3-5-10(8)12-16-17-13-11(15)6-9(14)7-18(12)13/h2-7H,15H2,1H3. The van der Waals surface area contributed by atoms with Crippen LogP contribution in [0.15, 0.2) is 36.5 Å². The number of pyridine rings is 1. The van der Waals surface area contributed by atoms with Gasteiger partial charge in [0.2, 0.25) is 0 Å². The molecular weight excluding hydrogens is 248 g/mol. The van der Waals surface area contributed by atoms with Crippen LogP contribution >= 0.6 is 11.6 Å². The van der Waals surface area contributed by atoms with Crippen molar-refractivity contribution in [2.24, 2.45) is 0 Å². The van der Waals surface area contributed by atoms with E-state index in [9.17, 15) is 0 Å². The van der Waals surface area contributed by atoms with Crippen molar-refractivity contribution in [2.45, 2.75) is 6.92 Å². The zero-order chi connectivity index (χ0) is 12.7. The molecule has 2 heterocycles. The molecule has 18 heavy (non-hydrogen) atoms. The molecule has 0 atom stereocenters. The average Bonchev–Trinajstić information content (AvgIpc) is 2.73. The second kappa shape index (κ2) is 3.99. The number of rotatable bonds is 1. The number of nitrogen functional groups attached to an aromatic ring is 1. The minimum atomic E-state index is 0.523. The molecule has 2 N–H and O–H groups in total. The number of benzene rings is 1. The van der Waals surface area contributed by atoms with E-state index < -0.39 is 0 Å². The van der Waals surface area contributed by atoms with Gasteiger partial charge >= 0.3 is 0 Å². The molecule has 3 aromatic rings. The third-order valence-electron chi connectivity index (χ3n) is 2.89. The van der Waals surface area contributed by atoms with E-state index in [4.69, 9.17) is 17.3 Å². The zero-order valence-electron chi connectivity index (χ0n) is 9.76. The number of nitrogens with two attached hydrogens (primary N) is 1. The molecule has 0 radical (unpaired) electrons. The van der Waals surface area contributed by atoms with Gasteiger partial charge in [0.05, 0.1) is 10.7 Å². The Bertz CT molecular complexity index is 733. The van der Waals surface area contributed by atoms with Gasteiger partial charge < -0.3 is 5.73 Å². The highest BCUT2D eigenvalue weighted by Crippen LogP contribution is 2.25. The summed E-state index contributed by atoms with van der Waals surface area (Å²) in [7, 11) is 0. The fourth-order valence-electron chi connectivity index (χ4n) is 1.99. The number of hydrogen-bond donors (Lipinski definition) is 1. The maximum Gasteiger partial charge on any atom is 0.184 e. The van der Waals surface area contributed by atoms with Gasteiger partial charge in [-0.05, 0) is 18.6 Å². The Morgan fingerprint density at radius 3 is 2.78 bits per heavy atom. The highest BCUT2D eigenvalue weighted by atomic mass is 35.5. The van der Waals surface area contributed by atoms with Crippen LogP contribution in [0, 0.1) is 6.92 Å². The first-order valence-corrected chi connectivity index (χ1v) is 5.90. The van der Waals surface area contributed by atoms with Crippen LogP contribution in [-0.2, 0) is 0 Å². The molecule has 2 aromatic heterocycles. The molecule has 0 amide bonds. The number of fused-ring (bicyclic) bond motifs is 1. The summed E-state index contributed by atoms with van der Waals surface area (Å²) in [6.07, 6.45) is 1.77. The molecule has 0 fully saturated rings. The van der Waals surface area contributed by atoms with Gasteiger partial charge in [0.15, 0.2) is 11.5 Å². The lowest BCUT2D eigenvalue weighted by Crippen LogP contribution is -1.95. The van der Waals surface area contributed by atoms with E-state index in [1.807, 2.05) is 35.6 Å². The van der Waals surface area contributed by atoms with Gasteiger partial charge in [-0.3, -0.25) is 4.40 Å². The van der Waals surface area contributed by atoms with E-state index >= 15 is 0 Å². The number of anilines is 1. The van der Waals surface area contributed by atoms with E-state index in [0.29, 0.717) is 16.4 Å². The quantitative estimate of drug-likeness (QED) is 0.730. The summed E-state index contributed by atoms with van der Waals surface area (Å²) >= 11 is 6.02. The molecule has 0 saturated heterocycles. The summed E-state index contributed by atoms with van der Waals surface area (Å²) in [4.78, 5) is 0. The summed E-state index contributed by atoms with van der Waals surface area (Å²) in [6.45, 7) is 2.03. The molecule has 0 aliphatic rings. The summed E-state index contributed by atoms with van der Waals surface area (Å²) in [6, 6.07) is 9.67. The van der Waals surface area contributed by atoms with Crippen molar-refractivity contribution in [1.82, 2.24) is 14.6 Å². The Balaban J connectivity index is 2.34. The van der Waals surface area contributed by atoms with E-state index in [2.05, 4.69) is 10.2 Å². The van der Waals surface area contributed by atoms with Gasteiger partial charge in [-0.2, -0.15) is 0 Å². The van der Waals surface area contributed by atoms with Crippen LogP contribution in [0.2, 0.25) is 5.02 Å². The first kappa shape index (κ1) is 11.0. The summed E-state index contributed by atoms with van der Waals surface area (Å²) in [5.74, 6) is 0.748. The highest BCUT2D eigenvalue weighted by molar-refractivity contribution is 6.30. The van der Waals surface area contributed by atoms with Gasteiger partial charge in [-0.25, -0.2) is 0 Å². The van der Waals surface area contributed by atoms with Gasteiger partial charge in [0.25, 0.3) is 0 Å². The van der Waals surface area contributed by atoms with Crippen LogP contribution < -0.4 is 5.73 Å². The SMILES string of the molecule is Cc1ccccc1-c1nnc2c(N)cc(Cl)cn12. The van der Waals surface area contributed by atoms with Crippen LogP contribution in [0.25, 0.3) is 17.0 Å². The predicted octanol–water partition coefficient (Wildman–Crippen LogP) is 2.94. The molecule has 1 aromatic carbocycles. The largest absolute Gasteiger partial charge is 0.396 e. The van der Waals surface area contributed by atoms with E-state index in [1.54, 1.807) is 12.3 Å². The third kappa shape index (κ3) is 1.62. The molecule has 4 nitrogen and oxygen atoms in total. The lowest BCUT2D eigenvalue weighted by Gasteiger charge is -2.04. The van der Waals surface area contributed by atoms with Crippen LogP contribution in [0.4, 0.5) is 5.69 Å². The van der Waals surface area contributed by atoms with Crippen molar-refractivity contribution in [1.29, 1.82) is 0 Å². The smallest absolute Gasteiger partial charge is 0.184 e. The van der Waals surface area contributed by atoms with Crippen molar-refractivity contribution in [2.75, 3.05) is 5.73 Å². The molecule has 0 bridgehead atoms. The van der Waals surface area contributed by atoms with E-state index in [-0.39, 0.29) is 0 Å². The summed E-state index contributed by atoms with van der Waals surface area (Å²) in [5.41, 5.74) is 9.17. The van der Waals surface area contributed by atoms with Crippen LogP contribution in [0.3, 0.4) is 0 Å². The average molecular weight is 259 g/mol. The number of halogens is 1. The second-order valence-corrected chi connectivity index (χ2v) is 4.58. The molecular formula is C13H11ClN4. The fourth-order valence-corrected chi connectivity index (χ4v) is 2.21. The van der Waals surface area contributed by atoms with Gasteiger partial charge in [-0.15, -0.1) is 10.2 Å². The van der Waals surface area contributed by atoms with E-state index in [1.165, 1.54) is 0 Å². The van der Waals surface area contributed by atoms with Crippen LogP contribution in [0.1, 0.15) is 5.56 Å². The molecule has 0 unspecified atom stereocenters. The lowest BCUT2D eigenvalue weighted by atomic mass is 10.1. The topological polar surface area (TPSA) is 56.2 Å². The molecule has 0 aliphatic heterocycles. The third-order valence-corrected chi connectivity index (χ3v) is 3.09. The molecule has 3 rings (SSSR count). The highest BCUT2D eigenvalue weighted by Gasteiger charge is 2.12. The minimum Gasteiger partial charge on any atom is -0.396 e. The number of nitrogens with zero attached hydrogens (tertiary/aromatic N) is 3. The summed E-state index contributed by atoms with van der Waals surface area (Å²) in [5, 5.41) is 8.87. The summed E-state index contributed by atoms with van der Waals surface area (Å²) < 4.78 is 1.82. The monoisotopic (exact) mass is 258 g/mol. The number of hydrogen-bond acceptors (Lipinski definition) is 3. The Hall–Kier alpha value is -2.07. The van der Waals surface area contributed by atoms with Crippen molar-refractivity contribution in [3.63, 3.8) is 0 Å². The number of aromatic nitrogens is 3. The predicted molar refractivity (Wildman–Crippen MR) is 72.6 cm³/mol. The Morgan fingerprint density at radius 1 is 1.22 bits per heavy atom. The minimum absolute atomic E-state index is 0.523. The maximum absolute atomic E-state index is 6.02. The molecule has 0 aliphatic carbocycles. The normalized spacial score (nSPS) is 11.0. The van der Waals surface area contributed by atoms with Crippen molar-refractivity contribution < 1.29 is 0 Å². The fraction of sp³-hybridized carbons (Fsp3) is 0.0769. The van der Waals surface area contributed by atoms with Crippen molar-refractivity contribution in [3.8, 4) is 11.4 Å². The van der Waals surface area contributed by atoms with Gasteiger partial charge in [0.1, 0.15) is 0 Å². The van der Waals surface area contributed by atoms with Crippen LogP contribution in [0.5, 0.6) is 0 Å².